The number of esters is 1. The van der Waals surface area contributed by atoms with Gasteiger partial charge in [-0.2, -0.15) is 0 Å². The lowest BCUT2D eigenvalue weighted by molar-refractivity contribution is -0.159. The van der Waals surface area contributed by atoms with Gasteiger partial charge >= 0.3 is 5.97 Å². The minimum Gasteiger partial charge on any atom is -0.454 e. The van der Waals surface area contributed by atoms with Crippen molar-refractivity contribution in [1.29, 1.82) is 0 Å². The van der Waals surface area contributed by atoms with E-state index in [-0.39, 0.29) is 30.3 Å². The largest absolute Gasteiger partial charge is 0.454 e. The fourth-order valence-electron chi connectivity index (χ4n) is 3.17. The summed E-state index contributed by atoms with van der Waals surface area (Å²) in [6.07, 6.45) is 4.68. The lowest BCUT2D eigenvalue weighted by Gasteiger charge is -2.21. The number of carbonyl (C=O) groups excluding carboxylic acids is 5. The topological polar surface area (TPSA) is 122 Å². The van der Waals surface area contributed by atoms with Crippen LogP contribution in [0.5, 0.6) is 0 Å². The van der Waals surface area contributed by atoms with Crippen molar-refractivity contribution in [3.05, 3.63) is 12.2 Å². The number of hydrogen-bond acceptors (Lipinski definition) is 6. The van der Waals surface area contributed by atoms with Crippen molar-refractivity contribution in [3.63, 3.8) is 0 Å². The molecule has 1 aliphatic heterocycles. The number of imide groups is 1. The summed E-state index contributed by atoms with van der Waals surface area (Å²) in [6, 6.07) is -1.16. The third-order valence-corrected chi connectivity index (χ3v) is 4.51. The predicted octanol–water partition coefficient (Wildman–Crippen LogP) is -0.490. The number of likely N-dealkylation sites (tertiary alicyclic amines) is 1. The van der Waals surface area contributed by atoms with Gasteiger partial charge in [-0.1, -0.05) is 12.2 Å². The van der Waals surface area contributed by atoms with E-state index in [1.807, 2.05) is 12.2 Å². The predicted molar refractivity (Wildman–Crippen MR) is 93.9 cm³/mol. The van der Waals surface area contributed by atoms with Crippen LogP contribution in [0.15, 0.2) is 12.2 Å². The number of nitrogens with one attached hydrogen (secondary N) is 2. The van der Waals surface area contributed by atoms with Crippen molar-refractivity contribution >= 4 is 29.6 Å². The SMILES string of the molecule is CC(C)NC(=O)CNC(=O)COC(=O)[C@H](C)N1C(=O)[C@H]2CC=CC[C@H]2C1=O. The molecular weight excluding hydrogens is 354 g/mol. The van der Waals surface area contributed by atoms with Crippen LogP contribution < -0.4 is 10.6 Å². The first-order chi connectivity index (χ1) is 12.7. The van der Waals surface area contributed by atoms with Gasteiger partial charge in [0, 0.05) is 6.04 Å². The zero-order chi connectivity index (χ0) is 20.1. The third kappa shape index (κ3) is 4.93. The van der Waals surface area contributed by atoms with Crippen LogP contribution in [0.3, 0.4) is 0 Å². The van der Waals surface area contributed by atoms with Gasteiger partial charge in [0.2, 0.25) is 17.7 Å². The first kappa shape index (κ1) is 20.6. The summed E-state index contributed by atoms with van der Waals surface area (Å²) < 4.78 is 4.90. The van der Waals surface area contributed by atoms with Crippen molar-refractivity contribution in [2.75, 3.05) is 13.2 Å². The van der Waals surface area contributed by atoms with Crippen LogP contribution in [0.4, 0.5) is 0 Å². The highest BCUT2D eigenvalue weighted by Crippen LogP contribution is 2.36. The molecule has 0 bridgehead atoms. The summed E-state index contributed by atoms with van der Waals surface area (Å²) in [7, 11) is 0. The summed E-state index contributed by atoms with van der Waals surface area (Å²) in [5, 5.41) is 4.93. The molecule has 3 atom stereocenters. The van der Waals surface area contributed by atoms with Gasteiger partial charge in [0.15, 0.2) is 6.61 Å². The maximum atomic E-state index is 12.4. The molecule has 27 heavy (non-hydrogen) atoms. The van der Waals surface area contributed by atoms with Gasteiger partial charge in [0.25, 0.3) is 5.91 Å². The van der Waals surface area contributed by atoms with Crippen LogP contribution in [-0.4, -0.2) is 59.7 Å². The Bertz CT molecular complexity index is 646. The van der Waals surface area contributed by atoms with Gasteiger partial charge in [-0.3, -0.25) is 24.1 Å². The molecule has 2 aliphatic rings. The molecule has 0 spiro atoms. The van der Waals surface area contributed by atoms with Gasteiger partial charge in [-0.05, 0) is 33.6 Å². The Morgan fingerprint density at radius 3 is 2.15 bits per heavy atom. The maximum Gasteiger partial charge on any atom is 0.329 e. The van der Waals surface area contributed by atoms with E-state index in [4.69, 9.17) is 4.74 Å². The van der Waals surface area contributed by atoms with Gasteiger partial charge in [0.1, 0.15) is 6.04 Å². The highest BCUT2D eigenvalue weighted by molar-refractivity contribution is 6.08. The second-order valence-electron chi connectivity index (χ2n) is 6.98. The molecular formula is C18H25N3O6. The average molecular weight is 379 g/mol. The van der Waals surface area contributed by atoms with Crippen molar-refractivity contribution in [1.82, 2.24) is 15.5 Å². The van der Waals surface area contributed by atoms with Gasteiger partial charge < -0.3 is 15.4 Å². The monoisotopic (exact) mass is 379 g/mol. The number of amides is 4. The second-order valence-corrected chi connectivity index (χ2v) is 6.98. The van der Waals surface area contributed by atoms with E-state index >= 15 is 0 Å². The fourth-order valence-corrected chi connectivity index (χ4v) is 3.17. The van der Waals surface area contributed by atoms with Crippen LogP contribution in [0.2, 0.25) is 0 Å². The molecule has 0 aromatic rings. The summed E-state index contributed by atoms with van der Waals surface area (Å²) in [5.74, 6) is -3.47. The highest BCUT2D eigenvalue weighted by atomic mass is 16.5. The number of ether oxygens (including phenoxy) is 1. The third-order valence-electron chi connectivity index (χ3n) is 4.51. The molecule has 4 amide bonds. The minimum absolute atomic E-state index is 0.0532. The van der Waals surface area contributed by atoms with Crippen molar-refractivity contribution < 1.29 is 28.7 Å². The zero-order valence-corrected chi connectivity index (χ0v) is 15.7. The Morgan fingerprint density at radius 2 is 1.63 bits per heavy atom. The number of carbonyl (C=O) groups is 5. The molecule has 1 heterocycles. The van der Waals surface area contributed by atoms with E-state index in [0.29, 0.717) is 12.8 Å². The lowest BCUT2D eigenvalue weighted by Crippen LogP contribution is -2.45. The molecule has 1 saturated heterocycles. The Balaban J connectivity index is 1.82. The molecule has 0 aromatic heterocycles. The summed E-state index contributed by atoms with van der Waals surface area (Å²) >= 11 is 0. The normalized spacial score (nSPS) is 22.4. The number of hydrogen-bond donors (Lipinski definition) is 2. The molecule has 148 valence electrons. The van der Waals surface area contributed by atoms with E-state index < -0.39 is 36.4 Å². The molecule has 0 radical (unpaired) electrons. The molecule has 1 fully saturated rings. The molecule has 2 N–H and O–H groups in total. The number of fused-ring (bicyclic) bond motifs is 1. The van der Waals surface area contributed by atoms with Gasteiger partial charge in [0.05, 0.1) is 18.4 Å². The summed E-state index contributed by atoms with van der Waals surface area (Å²) in [6.45, 7) is 4.15. The van der Waals surface area contributed by atoms with Crippen LogP contribution in [0.25, 0.3) is 0 Å². The Kier molecular flexibility index (Phi) is 6.70. The second kappa shape index (κ2) is 8.79. The fraction of sp³-hybridized carbons (Fsp3) is 0.611. The summed E-state index contributed by atoms with van der Waals surface area (Å²) in [5.41, 5.74) is 0. The lowest BCUT2D eigenvalue weighted by atomic mass is 9.85. The smallest absolute Gasteiger partial charge is 0.329 e. The van der Waals surface area contributed by atoms with Gasteiger partial charge in [-0.25, -0.2) is 4.79 Å². The molecule has 0 unspecified atom stereocenters. The molecule has 9 heteroatoms. The number of nitrogens with zero attached hydrogens (tertiary/aromatic N) is 1. The first-order valence-corrected chi connectivity index (χ1v) is 8.97. The number of rotatable bonds is 7. The van der Waals surface area contributed by atoms with Crippen LogP contribution in [-0.2, 0) is 28.7 Å². The summed E-state index contributed by atoms with van der Waals surface area (Å²) in [4.78, 5) is 61.1. The van der Waals surface area contributed by atoms with E-state index in [9.17, 15) is 24.0 Å². The van der Waals surface area contributed by atoms with E-state index in [1.165, 1.54) is 6.92 Å². The standard InChI is InChI=1S/C18H25N3O6/c1-10(2)20-14(22)8-19-15(23)9-27-18(26)11(3)21-16(24)12-6-4-5-7-13(12)17(21)25/h4-5,10-13H,6-9H2,1-3H3,(H,19,23)(H,20,22)/t11-,12-,13+/m0/s1. The zero-order valence-electron chi connectivity index (χ0n) is 15.7. The van der Waals surface area contributed by atoms with Crippen molar-refractivity contribution in [2.24, 2.45) is 11.8 Å². The molecule has 0 aromatic carbocycles. The molecule has 9 nitrogen and oxygen atoms in total. The van der Waals surface area contributed by atoms with E-state index in [2.05, 4.69) is 10.6 Å². The Labute approximate surface area is 157 Å². The van der Waals surface area contributed by atoms with Gasteiger partial charge in [-0.15, -0.1) is 0 Å². The van der Waals surface area contributed by atoms with Crippen LogP contribution >= 0.6 is 0 Å². The van der Waals surface area contributed by atoms with Crippen LogP contribution in [0, 0.1) is 11.8 Å². The number of allylic oxidation sites excluding steroid dienone is 2. The molecule has 0 saturated carbocycles. The highest BCUT2D eigenvalue weighted by Gasteiger charge is 2.50. The van der Waals surface area contributed by atoms with Crippen molar-refractivity contribution in [3.8, 4) is 0 Å². The average Bonchev–Trinajstić information content (AvgIpc) is 2.88. The molecule has 1 aliphatic carbocycles. The van der Waals surface area contributed by atoms with E-state index in [1.54, 1.807) is 13.8 Å². The molecule has 2 rings (SSSR count). The Hall–Kier alpha value is -2.71. The van der Waals surface area contributed by atoms with E-state index in [0.717, 1.165) is 4.90 Å². The quantitative estimate of drug-likeness (QED) is 0.350. The first-order valence-electron chi connectivity index (χ1n) is 8.97. The van der Waals surface area contributed by atoms with Crippen molar-refractivity contribution in [2.45, 2.75) is 45.7 Å². The Morgan fingerprint density at radius 1 is 1.07 bits per heavy atom. The minimum atomic E-state index is -1.10. The maximum absolute atomic E-state index is 12.4. The van der Waals surface area contributed by atoms with Crippen LogP contribution in [0.1, 0.15) is 33.6 Å².